The predicted octanol–water partition coefficient (Wildman–Crippen LogP) is 1.48. The number of carbonyl (C=O) groups excluding carboxylic acids is 1. The van der Waals surface area contributed by atoms with Crippen molar-refractivity contribution in [2.24, 2.45) is 17.8 Å². The lowest BCUT2D eigenvalue weighted by Gasteiger charge is -2.57. The molecular weight excluding hydrogens is 276 g/mol. The third kappa shape index (κ3) is 2.58. The average molecular weight is 301 g/mol. The summed E-state index contributed by atoms with van der Waals surface area (Å²) in [6.07, 6.45) is 7.60. The number of amides is 1. The van der Waals surface area contributed by atoms with E-state index in [1.54, 1.807) is 0 Å². The first kappa shape index (κ1) is 14.6. The molecule has 4 bridgehead atoms. The van der Waals surface area contributed by atoms with Crippen LogP contribution in [0.25, 0.3) is 0 Å². The van der Waals surface area contributed by atoms with Gasteiger partial charge in [0.05, 0.1) is 6.61 Å². The van der Waals surface area contributed by atoms with E-state index in [0.717, 1.165) is 24.3 Å². The molecule has 4 aliphatic carbocycles. The molecule has 0 spiro atoms. The van der Waals surface area contributed by atoms with Crippen LogP contribution in [0, 0.1) is 17.8 Å². The Morgan fingerprint density at radius 2 is 1.70 bits per heavy atom. The third-order valence-electron chi connectivity index (χ3n) is 5.65. The fraction of sp³-hybridized carbons (Fsp3) is 0.933. The summed E-state index contributed by atoms with van der Waals surface area (Å²) in [6, 6.07) is 0. The van der Waals surface area contributed by atoms with Gasteiger partial charge in [-0.15, -0.1) is 12.4 Å². The fourth-order valence-electron chi connectivity index (χ4n) is 5.34. The van der Waals surface area contributed by atoms with Gasteiger partial charge in [0.1, 0.15) is 6.10 Å². The summed E-state index contributed by atoms with van der Waals surface area (Å²) in [6.45, 7) is 2.18. The van der Waals surface area contributed by atoms with Crippen molar-refractivity contribution in [3.05, 3.63) is 0 Å². The minimum atomic E-state index is -0.276. The van der Waals surface area contributed by atoms with Gasteiger partial charge in [-0.1, -0.05) is 0 Å². The normalized spacial score (nSPS) is 45.8. The van der Waals surface area contributed by atoms with E-state index in [1.807, 2.05) is 0 Å². The van der Waals surface area contributed by atoms with Crippen LogP contribution in [0.5, 0.6) is 0 Å². The number of nitrogens with one attached hydrogen (secondary N) is 2. The summed E-state index contributed by atoms with van der Waals surface area (Å²) in [5, 5.41) is 6.63. The molecule has 0 aromatic heterocycles. The van der Waals surface area contributed by atoms with Crippen LogP contribution in [0.1, 0.15) is 38.5 Å². The lowest BCUT2D eigenvalue weighted by Crippen LogP contribution is -2.62. The number of morpholine rings is 1. The molecule has 4 saturated carbocycles. The molecule has 4 nitrogen and oxygen atoms in total. The van der Waals surface area contributed by atoms with Crippen molar-refractivity contribution < 1.29 is 9.53 Å². The van der Waals surface area contributed by atoms with Crippen LogP contribution >= 0.6 is 12.4 Å². The highest BCUT2D eigenvalue weighted by Gasteiger charge is 2.51. The van der Waals surface area contributed by atoms with Crippen LogP contribution in [0.2, 0.25) is 0 Å². The Labute approximate surface area is 126 Å². The van der Waals surface area contributed by atoms with Crippen molar-refractivity contribution in [2.45, 2.75) is 50.2 Å². The largest absolute Gasteiger partial charge is 0.366 e. The molecule has 5 heteroatoms. The standard InChI is InChI=1S/C15H24N2O2.ClH/c18-14(13-9-16-1-2-19-13)17-15-6-10-3-11(7-15)5-12(4-10)8-15;/h10-13,16H,1-9H2,(H,17,18);1H. The Kier molecular flexibility index (Phi) is 3.99. The number of rotatable bonds is 2. The van der Waals surface area contributed by atoms with Crippen molar-refractivity contribution in [3.8, 4) is 0 Å². The Morgan fingerprint density at radius 1 is 1.10 bits per heavy atom. The summed E-state index contributed by atoms with van der Waals surface area (Å²) in [7, 11) is 0. The first-order chi connectivity index (χ1) is 9.22. The molecule has 1 heterocycles. The van der Waals surface area contributed by atoms with Crippen molar-refractivity contribution in [2.75, 3.05) is 19.7 Å². The van der Waals surface area contributed by atoms with Crippen molar-refractivity contribution >= 4 is 18.3 Å². The van der Waals surface area contributed by atoms with Gasteiger partial charge >= 0.3 is 0 Å². The van der Waals surface area contributed by atoms with Crippen molar-refractivity contribution in [1.82, 2.24) is 10.6 Å². The maximum absolute atomic E-state index is 12.4. The molecule has 5 aliphatic rings. The van der Waals surface area contributed by atoms with Gasteiger partial charge in [-0.25, -0.2) is 0 Å². The molecule has 1 aliphatic heterocycles. The minimum absolute atomic E-state index is 0. The topological polar surface area (TPSA) is 50.4 Å². The zero-order valence-electron chi connectivity index (χ0n) is 11.9. The molecule has 1 saturated heterocycles. The van der Waals surface area contributed by atoms with E-state index in [2.05, 4.69) is 10.6 Å². The average Bonchev–Trinajstić information content (AvgIpc) is 2.37. The second-order valence-electron chi connectivity index (χ2n) is 7.25. The maximum atomic E-state index is 12.4. The quantitative estimate of drug-likeness (QED) is 0.812. The number of carbonyl (C=O) groups is 1. The second kappa shape index (κ2) is 5.47. The number of halogens is 1. The number of hydrogen-bond acceptors (Lipinski definition) is 3. The van der Waals surface area contributed by atoms with Crippen LogP contribution < -0.4 is 10.6 Å². The van der Waals surface area contributed by atoms with Gasteiger partial charge in [-0.2, -0.15) is 0 Å². The molecule has 0 aromatic rings. The fourth-order valence-corrected chi connectivity index (χ4v) is 5.34. The van der Waals surface area contributed by atoms with Crippen molar-refractivity contribution in [1.29, 1.82) is 0 Å². The highest BCUT2D eigenvalue weighted by Crippen LogP contribution is 2.55. The van der Waals surface area contributed by atoms with Crippen LogP contribution in [-0.4, -0.2) is 37.2 Å². The lowest BCUT2D eigenvalue weighted by atomic mass is 9.53. The molecule has 1 atom stereocenters. The van der Waals surface area contributed by atoms with Gasteiger partial charge in [-0.3, -0.25) is 4.79 Å². The van der Waals surface area contributed by atoms with E-state index in [-0.39, 0.29) is 30.0 Å². The zero-order valence-corrected chi connectivity index (χ0v) is 12.7. The van der Waals surface area contributed by atoms with Gasteiger partial charge in [0.25, 0.3) is 5.91 Å². The Morgan fingerprint density at radius 3 is 2.20 bits per heavy atom. The SMILES string of the molecule is Cl.O=C(NC12CC3CC(CC(C3)C1)C2)C1CNCCO1. The lowest BCUT2D eigenvalue weighted by molar-refractivity contribution is -0.139. The smallest absolute Gasteiger partial charge is 0.250 e. The van der Waals surface area contributed by atoms with E-state index in [4.69, 9.17) is 4.74 Å². The summed E-state index contributed by atoms with van der Waals surface area (Å²) in [5.41, 5.74) is 0.118. The molecule has 5 fully saturated rings. The Balaban J connectivity index is 0.00000121. The summed E-state index contributed by atoms with van der Waals surface area (Å²) >= 11 is 0. The van der Waals surface area contributed by atoms with Crippen LogP contribution in [0.4, 0.5) is 0 Å². The molecule has 0 aromatic carbocycles. The summed E-state index contributed by atoms with van der Waals surface area (Å²) < 4.78 is 5.58. The molecule has 1 amide bonds. The first-order valence-corrected chi connectivity index (χ1v) is 7.87. The number of hydrogen-bond donors (Lipinski definition) is 2. The van der Waals surface area contributed by atoms with Gasteiger partial charge in [-0.05, 0) is 56.3 Å². The maximum Gasteiger partial charge on any atom is 0.250 e. The van der Waals surface area contributed by atoms with E-state index >= 15 is 0 Å². The number of ether oxygens (including phenoxy) is 1. The summed E-state index contributed by atoms with van der Waals surface area (Å²) in [4.78, 5) is 12.4. The molecule has 1 unspecified atom stereocenters. The third-order valence-corrected chi connectivity index (χ3v) is 5.65. The first-order valence-electron chi connectivity index (χ1n) is 7.87. The van der Waals surface area contributed by atoms with Gasteiger partial charge in [0.2, 0.25) is 0 Å². The second-order valence-corrected chi connectivity index (χ2v) is 7.25. The highest BCUT2D eigenvalue weighted by atomic mass is 35.5. The van der Waals surface area contributed by atoms with Crippen LogP contribution in [0.3, 0.4) is 0 Å². The predicted molar refractivity (Wildman–Crippen MR) is 78.9 cm³/mol. The molecule has 20 heavy (non-hydrogen) atoms. The van der Waals surface area contributed by atoms with Gasteiger partial charge in [0, 0.05) is 18.6 Å². The van der Waals surface area contributed by atoms with Gasteiger partial charge < -0.3 is 15.4 Å². The molecule has 2 N–H and O–H groups in total. The molecule has 0 radical (unpaired) electrons. The van der Waals surface area contributed by atoms with E-state index < -0.39 is 0 Å². The Bertz CT molecular complexity index is 347. The molecule has 5 rings (SSSR count). The molecular formula is C15H25ClN2O2. The van der Waals surface area contributed by atoms with Gasteiger partial charge in [0.15, 0.2) is 0 Å². The van der Waals surface area contributed by atoms with E-state index in [1.165, 1.54) is 38.5 Å². The van der Waals surface area contributed by atoms with Crippen LogP contribution in [-0.2, 0) is 9.53 Å². The zero-order chi connectivity index (χ0) is 12.9. The monoisotopic (exact) mass is 300 g/mol. The summed E-state index contributed by atoms with van der Waals surface area (Å²) in [5.74, 6) is 2.74. The van der Waals surface area contributed by atoms with Crippen molar-refractivity contribution in [3.63, 3.8) is 0 Å². The Hall–Kier alpha value is -0.320. The molecule has 114 valence electrons. The minimum Gasteiger partial charge on any atom is -0.366 e. The highest BCUT2D eigenvalue weighted by molar-refractivity contribution is 5.85. The van der Waals surface area contributed by atoms with E-state index in [0.29, 0.717) is 13.2 Å². The van der Waals surface area contributed by atoms with E-state index in [9.17, 15) is 4.79 Å². The van der Waals surface area contributed by atoms with Crippen LogP contribution in [0.15, 0.2) is 0 Å².